The highest BCUT2D eigenvalue weighted by molar-refractivity contribution is 7.91. The van der Waals surface area contributed by atoms with Crippen LogP contribution in [0.2, 0.25) is 0 Å². The average molecular weight is 583 g/mol. The van der Waals surface area contributed by atoms with E-state index in [4.69, 9.17) is 15.2 Å². The first kappa shape index (κ1) is 26.9. The molecule has 1 aliphatic heterocycles. The minimum Gasteiger partial charge on any atom is -0.493 e. The van der Waals surface area contributed by atoms with Gasteiger partial charge in [0.2, 0.25) is 5.82 Å². The van der Waals surface area contributed by atoms with Gasteiger partial charge in [0.05, 0.1) is 17.7 Å². The highest BCUT2D eigenvalue weighted by atomic mass is 32.2. The number of fused-ring (bicyclic) bond motifs is 2. The van der Waals surface area contributed by atoms with Gasteiger partial charge in [-0.2, -0.15) is 4.39 Å². The summed E-state index contributed by atoms with van der Waals surface area (Å²) in [5.74, 6) is -3.61. The number of H-pyrrole nitrogens is 2. The van der Waals surface area contributed by atoms with E-state index in [-0.39, 0.29) is 40.1 Å². The molecule has 212 valence electrons. The van der Waals surface area contributed by atoms with Crippen LogP contribution < -0.4 is 15.2 Å². The molecule has 12 heteroatoms. The van der Waals surface area contributed by atoms with Crippen LogP contribution in [0.4, 0.5) is 13.2 Å². The number of hydrogen-bond donors (Lipinski definition) is 3. The monoisotopic (exact) mass is 582 g/mol. The summed E-state index contributed by atoms with van der Waals surface area (Å²) in [4.78, 5) is 9.57. The van der Waals surface area contributed by atoms with E-state index in [1.165, 1.54) is 18.3 Å². The first-order valence-corrected chi connectivity index (χ1v) is 14.6. The van der Waals surface area contributed by atoms with Crippen LogP contribution in [0, 0.1) is 17.5 Å². The number of rotatable bonds is 6. The summed E-state index contributed by atoms with van der Waals surface area (Å²) in [5, 5.41) is -0.0845. The summed E-state index contributed by atoms with van der Waals surface area (Å²) in [6.07, 6.45) is 4.41. The number of halogens is 3. The molecular formula is C29H25F3N4O4S. The molecule has 0 bridgehead atoms. The van der Waals surface area contributed by atoms with Crippen molar-refractivity contribution >= 4 is 20.7 Å². The van der Waals surface area contributed by atoms with E-state index in [1.54, 1.807) is 6.20 Å². The molecule has 0 saturated carbocycles. The lowest BCUT2D eigenvalue weighted by molar-refractivity contribution is 0.241. The molecular weight excluding hydrogens is 557 g/mol. The number of aromatic nitrogens is 3. The second-order valence-electron chi connectivity index (χ2n) is 10.1. The Hall–Kier alpha value is -4.29. The van der Waals surface area contributed by atoms with Crippen molar-refractivity contribution in [1.29, 1.82) is 0 Å². The predicted molar refractivity (Wildman–Crippen MR) is 146 cm³/mol. The van der Waals surface area contributed by atoms with Crippen LogP contribution in [-0.2, 0) is 21.8 Å². The summed E-state index contributed by atoms with van der Waals surface area (Å²) < 4.78 is 82.5. The van der Waals surface area contributed by atoms with Crippen LogP contribution in [0.15, 0.2) is 59.8 Å². The third-order valence-electron chi connectivity index (χ3n) is 7.53. The lowest BCUT2D eigenvalue weighted by Crippen LogP contribution is -2.31. The van der Waals surface area contributed by atoms with E-state index in [0.717, 1.165) is 29.3 Å². The van der Waals surface area contributed by atoms with Crippen molar-refractivity contribution in [3.63, 3.8) is 0 Å². The molecule has 0 aliphatic carbocycles. The third kappa shape index (κ3) is 4.34. The Balaban J connectivity index is 1.47. The van der Waals surface area contributed by atoms with E-state index < -0.39 is 43.3 Å². The van der Waals surface area contributed by atoms with E-state index in [1.807, 2.05) is 31.2 Å². The quantitative estimate of drug-likeness (QED) is 0.220. The maximum absolute atomic E-state index is 15.4. The van der Waals surface area contributed by atoms with Gasteiger partial charge >= 0.3 is 0 Å². The number of ether oxygens (including phenoxy) is 2. The number of para-hydroxylation sites is 1. The van der Waals surface area contributed by atoms with Crippen LogP contribution in [0.1, 0.15) is 30.2 Å². The Labute approximate surface area is 233 Å². The second-order valence-corrected chi connectivity index (χ2v) is 12.1. The van der Waals surface area contributed by atoms with Crippen LogP contribution in [0.25, 0.3) is 22.3 Å². The van der Waals surface area contributed by atoms with Crippen molar-refractivity contribution in [2.24, 2.45) is 5.73 Å². The Bertz CT molecular complexity index is 1940. The standard InChI is InChI=1S/C29H25F3N4O4S/c1-29(8-10-39-20-6-4-3-5-18(20)29)22-14-35-28(36-22)17-12-21(15(13-33)11-19(17)30)40-26-24(32)23(31)25-16(7-9-34-25)27(26)41(2,37)38/h3-7,9,11-12,14,34H,8,10,13,33H2,1-2H3,(H,35,36). The number of nitrogens with two attached hydrogens (primary N) is 1. The SMILES string of the molecule is CC1(c2cnc(-c3cc(Oc4c(F)c(F)c5[nH]ccc5c4S(C)(=O)=O)c(CN)cc3F)[nH]2)CCOc2ccccc21. The smallest absolute Gasteiger partial charge is 0.204 e. The molecule has 0 spiro atoms. The predicted octanol–water partition coefficient (Wildman–Crippen LogP) is 5.72. The van der Waals surface area contributed by atoms with Gasteiger partial charge in [0.15, 0.2) is 21.4 Å². The number of imidazole rings is 1. The highest BCUT2D eigenvalue weighted by Crippen LogP contribution is 2.44. The molecule has 8 nitrogen and oxygen atoms in total. The van der Waals surface area contributed by atoms with E-state index >= 15 is 8.78 Å². The Morgan fingerprint density at radius 1 is 1.15 bits per heavy atom. The van der Waals surface area contributed by atoms with E-state index in [9.17, 15) is 12.8 Å². The largest absolute Gasteiger partial charge is 0.493 e. The van der Waals surface area contributed by atoms with Gasteiger partial charge < -0.3 is 25.2 Å². The van der Waals surface area contributed by atoms with Crippen molar-refractivity contribution in [2.45, 2.75) is 30.2 Å². The van der Waals surface area contributed by atoms with Crippen molar-refractivity contribution in [3.05, 3.63) is 89.1 Å². The zero-order valence-electron chi connectivity index (χ0n) is 22.0. The van der Waals surface area contributed by atoms with Gasteiger partial charge in [0, 0.05) is 52.8 Å². The highest BCUT2D eigenvalue weighted by Gasteiger charge is 2.37. The second kappa shape index (κ2) is 9.67. The Morgan fingerprint density at radius 3 is 2.68 bits per heavy atom. The van der Waals surface area contributed by atoms with E-state index in [0.29, 0.717) is 13.0 Å². The van der Waals surface area contributed by atoms with Gasteiger partial charge in [-0.3, -0.25) is 0 Å². The number of hydrogen-bond acceptors (Lipinski definition) is 6. The first-order valence-electron chi connectivity index (χ1n) is 12.7. The van der Waals surface area contributed by atoms with Crippen LogP contribution >= 0.6 is 0 Å². The maximum atomic E-state index is 15.4. The number of benzene rings is 3. The molecule has 1 unspecified atom stereocenters. The van der Waals surface area contributed by atoms with E-state index in [2.05, 4.69) is 15.0 Å². The fourth-order valence-electron chi connectivity index (χ4n) is 5.34. The topological polar surface area (TPSA) is 123 Å². The summed E-state index contributed by atoms with van der Waals surface area (Å²) in [6.45, 7) is 2.29. The molecule has 0 fully saturated rings. The van der Waals surface area contributed by atoms with Crippen molar-refractivity contribution in [2.75, 3.05) is 12.9 Å². The van der Waals surface area contributed by atoms with Crippen molar-refractivity contribution in [3.8, 4) is 28.6 Å². The molecule has 4 N–H and O–H groups in total. The van der Waals surface area contributed by atoms with Crippen molar-refractivity contribution in [1.82, 2.24) is 15.0 Å². The zero-order valence-corrected chi connectivity index (χ0v) is 22.8. The Kier molecular flexibility index (Phi) is 6.34. The fourth-order valence-corrected chi connectivity index (χ4v) is 6.38. The molecule has 3 aromatic carbocycles. The molecule has 0 saturated heterocycles. The molecule has 0 amide bonds. The average Bonchev–Trinajstić information content (AvgIpc) is 3.63. The fraction of sp³-hybridized carbons (Fsp3) is 0.207. The number of nitrogens with one attached hydrogen (secondary N) is 2. The summed E-state index contributed by atoms with van der Waals surface area (Å²) in [7, 11) is -4.11. The normalized spacial score (nSPS) is 16.9. The lowest BCUT2D eigenvalue weighted by atomic mass is 9.75. The van der Waals surface area contributed by atoms with Gasteiger partial charge in [0.25, 0.3) is 0 Å². The molecule has 1 aliphatic rings. The summed E-state index contributed by atoms with van der Waals surface area (Å²) >= 11 is 0. The number of nitrogens with zero attached hydrogens (tertiary/aromatic N) is 1. The molecule has 2 aromatic heterocycles. The van der Waals surface area contributed by atoms with Gasteiger partial charge in [0.1, 0.15) is 28.0 Å². The first-order chi connectivity index (χ1) is 19.5. The summed E-state index contributed by atoms with van der Waals surface area (Å²) in [6, 6.07) is 11.3. The summed E-state index contributed by atoms with van der Waals surface area (Å²) in [5.41, 5.74) is 6.76. The zero-order chi connectivity index (χ0) is 29.1. The molecule has 5 aromatic rings. The van der Waals surface area contributed by atoms with Crippen LogP contribution in [-0.4, -0.2) is 36.2 Å². The van der Waals surface area contributed by atoms with Gasteiger partial charge in [-0.15, -0.1) is 0 Å². The third-order valence-corrected chi connectivity index (χ3v) is 8.68. The minimum absolute atomic E-state index is 0.0306. The molecule has 3 heterocycles. The Morgan fingerprint density at radius 2 is 1.93 bits per heavy atom. The molecule has 6 rings (SSSR count). The number of sulfone groups is 1. The maximum Gasteiger partial charge on any atom is 0.204 e. The molecule has 0 radical (unpaired) electrons. The van der Waals surface area contributed by atoms with Crippen molar-refractivity contribution < 1.29 is 31.1 Å². The molecule has 1 atom stereocenters. The van der Waals surface area contributed by atoms with Gasteiger partial charge in [-0.05, 0) is 37.6 Å². The molecule has 41 heavy (non-hydrogen) atoms. The van der Waals surface area contributed by atoms with Crippen LogP contribution in [0.3, 0.4) is 0 Å². The van der Waals surface area contributed by atoms with Gasteiger partial charge in [-0.25, -0.2) is 22.2 Å². The van der Waals surface area contributed by atoms with Crippen LogP contribution in [0.5, 0.6) is 17.2 Å². The number of aromatic amines is 2. The minimum atomic E-state index is -4.11. The lowest BCUT2D eigenvalue weighted by Gasteiger charge is -2.34. The van der Waals surface area contributed by atoms with Gasteiger partial charge in [-0.1, -0.05) is 18.2 Å².